The average Bonchev–Trinajstić information content (AvgIpc) is 2.52. The third-order valence-electron chi connectivity index (χ3n) is 3.30. The van der Waals surface area contributed by atoms with Crippen LogP contribution in [0.4, 0.5) is 5.69 Å². The monoisotopic (exact) mass is 284 g/mol. The molecule has 4 nitrogen and oxygen atoms in total. The Morgan fingerprint density at radius 1 is 1.10 bits per heavy atom. The number of carbonyl (C=O) groups excluding carboxylic acids is 1. The van der Waals surface area contributed by atoms with Crippen LogP contribution in [0.15, 0.2) is 54.6 Å². The summed E-state index contributed by atoms with van der Waals surface area (Å²) in [5, 5.41) is 12.7. The van der Waals surface area contributed by atoms with E-state index in [9.17, 15) is 9.90 Å². The number of anilines is 1. The fourth-order valence-corrected chi connectivity index (χ4v) is 2.04. The Kier molecular flexibility index (Phi) is 5.35. The fourth-order valence-electron chi connectivity index (χ4n) is 2.04. The maximum atomic E-state index is 11.8. The van der Waals surface area contributed by atoms with E-state index in [1.54, 1.807) is 24.3 Å². The van der Waals surface area contributed by atoms with Crippen molar-refractivity contribution >= 4 is 11.6 Å². The summed E-state index contributed by atoms with van der Waals surface area (Å²) >= 11 is 0. The van der Waals surface area contributed by atoms with E-state index >= 15 is 0 Å². The second-order valence-corrected chi connectivity index (χ2v) is 4.97. The van der Waals surface area contributed by atoms with Gasteiger partial charge in [0, 0.05) is 18.7 Å². The molecule has 0 fully saturated rings. The van der Waals surface area contributed by atoms with Gasteiger partial charge >= 0.3 is 0 Å². The molecule has 21 heavy (non-hydrogen) atoms. The summed E-state index contributed by atoms with van der Waals surface area (Å²) in [6.45, 7) is 0.206. The van der Waals surface area contributed by atoms with Gasteiger partial charge in [-0.15, -0.1) is 0 Å². The molecule has 1 unspecified atom stereocenters. The number of nitrogens with two attached hydrogens (primary N) is 1. The number of nitrogen functional groups attached to an aromatic ring is 1. The van der Waals surface area contributed by atoms with Crippen molar-refractivity contribution in [1.82, 2.24) is 5.32 Å². The van der Waals surface area contributed by atoms with Gasteiger partial charge in [0.1, 0.15) is 0 Å². The summed E-state index contributed by atoms with van der Waals surface area (Å²) in [6.07, 6.45) is 0.398. The van der Waals surface area contributed by atoms with E-state index < -0.39 is 6.10 Å². The average molecular weight is 284 g/mol. The Hall–Kier alpha value is -2.33. The van der Waals surface area contributed by atoms with Crippen LogP contribution in [0.2, 0.25) is 0 Å². The standard InChI is InChI=1S/C17H20N2O2/c18-15-9-7-14(8-10-15)16(20)12-19-17(21)11-6-13-4-2-1-3-5-13/h1-5,7-10,16,20H,6,11-12,18H2,(H,19,21). The number of benzene rings is 2. The molecule has 0 bridgehead atoms. The van der Waals surface area contributed by atoms with E-state index in [1.807, 2.05) is 30.3 Å². The largest absolute Gasteiger partial charge is 0.399 e. The van der Waals surface area contributed by atoms with Gasteiger partial charge in [0.05, 0.1) is 6.10 Å². The van der Waals surface area contributed by atoms with Gasteiger partial charge in [0.15, 0.2) is 0 Å². The van der Waals surface area contributed by atoms with Crippen molar-refractivity contribution in [3.05, 3.63) is 65.7 Å². The Bertz CT molecular complexity index is 567. The van der Waals surface area contributed by atoms with Crippen LogP contribution in [0.25, 0.3) is 0 Å². The highest BCUT2D eigenvalue weighted by Crippen LogP contribution is 2.13. The lowest BCUT2D eigenvalue weighted by molar-refractivity contribution is -0.121. The molecule has 1 amide bonds. The van der Waals surface area contributed by atoms with Crippen LogP contribution in [0, 0.1) is 0 Å². The van der Waals surface area contributed by atoms with E-state index in [2.05, 4.69) is 5.32 Å². The number of aliphatic hydroxyl groups is 1. The Morgan fingerprint density at radius 2 is 1.76 bits per heavy atom. The summed E-state index contributed by atoms with van der Waals surface area (Å²) in [7, 11) is 0. The Labute approximate surface area is 124 Å². The van der Waals surface area contributed by atoms with E-state index in [1.165, 1.54) is 0 Å². The van der Waals surface area contributed by atoms with Gasteiger partial charge in [-0.25, -0.2) is 0 Å². The van der Waals surface area contributed by atoms with Crippen molar-refractivity contribution in [2.75, 3.05) is 12.3 Å². The van der Waals surface area contributed by atoms with Crippen molar-refractivity contribution in [2.45, 2.75) is 18.9 Å². The Morgan fingerprint density at radius 3 is 2.43 bits per heavy atom. The van der Waals surface area contributed by atoms with Crippen LogP contribution < -0.4 is 11.1 Å². The second-order valence-electron chi connectivity index (χ2n) is 4.97. The molecule has 110 valence electrons. The smallest absolute Gasteiger partial charge is 0.220 e. The molecule has 0 aliphatic heterocycles. The molecule has 0 aromatic heterocycles. The highest BCUT2D eigenvalue weighted by molar-refractivity contribution is 5.76. The number of aliphatic hydroxyl groups excluding tert-OH is 1. The number of carbonyl (C=O) groups is 1. The van der Waals surface area contributed by atoms with Gasteiger partial charge in [-0.05, 0) is 29.7 Å². The van der Waals surface area contributed by atoms with Crippen LogP contribution in [0.3, 0.4) is 0 Å². The molecule has 2 rings (SSSR count). The van der Waals surface area contributed by atoms with Crippen molar-refractivity contribution in [3.63, 3.8) is 0 Å². The zero-order chi connectivity index (χ0) is 15.1. The molecule has 1 atom stereocenters. The van der Waals surface area contributed by atoms with Gasteiger partial charge in [-0.2, -0.15) is 0 Å². The van der Waals surface area contributed by atoms with Crippen molar-refractivity contribution in [2.24, 2.45) is 0 Å². The van der Waals surface area contributed by atoms with E-state index in [0.717, 1.165) is 11.1 Å². The first kappa shape index (κ1) is 15.1. The van der Waals surface area contributed by atoms with Gasteiger partial charge in [-0.1, -0.05) is 42.5 Å². The number of rotatable bonds is 6. The minimum absolute atomic E-state index is 0.0617. The van der Waals surface area contributed by atoms with Gasteiger partial charge in [-0.3, -0.25) is 4.79 Å². The SMILES string of the molecule is Nc1ccc(C(O)CNC(=O)CCc2ccccc2)cc1. The minimum atomic E-state index is -0.716. The summed E-state index contributed by atoms with van der Waals surface area (Å²) in [5.41, 5.74) is 8.12. The zero-order valence-corrected chi connectivity index (χ0v) is 11.8. The molecule has 0 spiro atoms. The molecule has 0 aliphatic carbocycles. The maximum absolute atomic E-state index is 11.8. The topological polar surface area (TPSA) is 75.3 Å². The van der Waals surface area contributed by atoms with Crippen LogP contribution >= 0.6 is 0 Å². The second kappa shape index (κ2) is 7.45. The minimum Gasteiger partial charge on any atom is -0.399 e. The molecule has 0 radical (unpaired) electrons. The summed E-state index contributed by atoms with van der Waals surface area (Å²) in [4.78, 5) is 11.8. The van der Waals surface area contributed by atoms with Crippen LogP contribution in [-0.4, -0.2) is 17.6 Å². The van der Waals surface area contributed by atoms with Crippen LogP contribution in [0.1, 0.15) is 23.7 Å². The predicted octanol–water partition coefficient (Wildman–Crippen LogP) is 2.05. The number of hydrogen-bond acceptors (Lipinski definition) is 3. The molecule has 0 saturated carbocycles. The molecule has 4 heteroatoms. The third-order valence-corrected chi connectivity index (χ3v) is 3.30. The van der Waals surface area contributed by atoms with Crippen LogP contribution in [0.5, 0.6) is 0 Å². The highest BCUT2D eigenvalue weighted by Gasteiger charge is 2.09. The number of nitrogens with one attached hydrogen (secondary N) is 1. The van der Waals surface area contributed by atoms with E-state index in [4.69, 9.17) is 5.73 Å². The summed E-state index contributed by atoms with van der Waals surface area (Å²) in [5.74, 6) is -0.0617. The number of hydrogen-bond donors (Lipinski definition) is 3. The van der Waals surface area contributed by atoms with E-state index in [0.29, 0.717) is 18.5 Å². The molecular weight excluding hydrogens is 264 g/mol. The molecule has 0 aliphatic rings. The third kappa shape index (κ3) is 4.93. The lowest BCUT2D eigenvalue weighted by Crippen LogP contribution is -2.28. The Balaban J connectivity index is 1.74. The lowest BCUT2D eigenvalue weighted by Gasteiger charge is -2.12. The summed E-state index contributed by atoms with van der Waals surface area (Å²) < 4.78 is 0. The first-order valence-electron chi connectivity index (χ1n) is 6.99. The summed E-state index contributed by atoms with van der Waals surface area (Å²) in [6, 6.07) is 16.8. The molecule has 0 heterocycles. The molecular formula is C17H20N2O2. The van der Waals surface area contributed by atoms with E-state index in [-0.39, 0.29) is 12.5 Å². The lowest BCUT2D eigenvalue weighted by atomic mass is 10.1. The number of aryl methyl sites for hydroxylation is 1. The van der Waals surface area contributed by atoms with Gasteiger partial charge in [0.2, 0.25) is 5.91 Å². The van der Waals surface area contributed by atoms with Gasteiger partial charge in [0.25, 0.3) is 0 Å². The quantitative estimate of drug-likeness (QED) is 0.711. The molecule has 4 N–H and O–H groups in total. The first-order chi connectivity index (χ1) is 10.1. The molecule has 2 aromatic rings. The first-order valence-corrected chi connectivity index (χ1v) is 6.99. The van der Waals surface area contributed by atoms with Crippen molar-refractivity contribution in [1.29, 1.82) is 0 Å². The fraction of sp³-hybridized carbons (Fsp3) is 0.235. The molecule has 2 aromatic carbocycles. The van der Waals surface area contributed by atoms with Crippen molar-refractivity contribution in [3.8, 4) is 0 Å². The molecule has 0 saturated heterocycles. The van der Waals surface area contributed by atoms with Crippen LogP contribution in [-0.2, 0) is 11.2 Å². The van der Waals surface area contributed by atoms with Crippen molar-refractivity contribution < 1.29 is 9.90 Å². The number of amides is 1. The normalized spacial score (nSPS) is 11.9. The van der Waals surface area contributed by atoms with Gasteiger partial charge < -0.3 is 16.2 Å². The zero-order valence-electron chi connectivity index (χ0n) is 11.8. The maximum Gasteiger partial charge on any atom is 0.220 e. The highest BCUT2D eigenvalue weighted by atomic mass is 16.3. The predicted molar refractivity (Wildman–Crippen MR) is 83.6 cm³/mol.